The molecule has 0 aromatic carbocycles. The normalized spacial score (nSPS) is 21.9. The summed E-state index contributed by atoms with van der Waals surface area (Å²) in [5.41, 5.74) is 9.95. The van der Waals surface area contributed by atoms with Crippen LogP contribution in [0.2, 0.25) is 0 Å². The summed E-state index contributed by atoms with van der Waals surface area (Å²) in [4.78, 5) is 66.2. The highest BCUT2D eigenvalue weighted by Gasteiger charge is 2.54. The van der Waals surface area contributed by atoms with E-state index >= 15 is 0 Å². The molecular weight excluding hydrogens is 663 g/mol. The van der Waals surface area contributed by atoms with E-state index in [1.165, 1.54) is 47.8 Å². The molecule has 0 spiro atoms. The number of allylic oxidation sites excluding steroid dienone is 1. The van der Waals surface area contributed by atoms with Crippen LogP contribution in [0.1, 0.15) is 33.4 Å². The highest BCUT2D eigenvalue weighted by Crippen LogP contribution is 2.42. The van der Waals surface area contributed by atoms with E-state index in [1.54, 1.807) is 18.1 Å². The van der Waals surface area contributed by atoms with Crippen LogP contribution in [0.25, 0.3) is 0 Å². The summed E-state index contributed by atoms with van der Waals surface area (Å²) in [7, 11) is 0. The molecule has 5 heterocycles. The quantitative estimate of drug-likeness (QED) is 0.0491. The number of hydrazine groups is 3. The summed E-state index contributed by atoms with van der Waals surface area (Å²) < 4.78 is 0. The number of nitrogens with one attached hydrogen (secondary N) is 3. The number of aliphatic hydroxyl groups excluding tert-OH is 1. The van der Waals surface area contributed by atoms with E-state index in [2.05, 4.69) is 26.0 Å². The summed E-state index contributed by atoms with van der Waals surface area (Å²) in [6.07, 6.45) is 2.65. The van der Waals surface area contributed by atoms with Gasteiger partial charge in [0.1, 0.15) is 29.0 Å². The number of anilines is 1. The Kier molecular flexibility index (Phi) is 9.33. The number of oxime groups is 1. The Morgan fingerprint density at radius 3 is 2.74 bits per heavy atom. The number of hydrogen-bond donors (Lipinski definition) is 7. The highest BCUT2D eigenvalue weighted by atomic mass is 32.2. The molecule has 0 bridgehead atoms. The van der Waals surface area contributed by atoms with E-state index in [1.807, 2.05) is 18.4 Å². The number of carbonyl (C=O) groups is 4. The molecule has 21 heteroatoms. The van der Waals surface area contributed by atoms with E-state index in [0.717, 1.165) is 27.0 Å². The topological polar surface area (TPSA) is 253 Å². The Bertz CT molecular complexity index is 1630. The molecular formula is C25H31N11O7S3. The molecule has 4 aliphatic heterocycles. The Labute approximate surface area is 274 Å². The lowest BCUT2D eigenvalue weighted by molar-refractivity contribution is -0.150. The fourth-order valence-electron chi connectivity index (χ4n) is 4.51. The number of β-lactam (4-membered cyclic amide) rings is 1. The number of carboxylic acids is 1. The smallest absolute Gasteiger partial charge is 0.352 e. The van der Waals surface area contributed by atoms with Crippen molar-refractivity contribution in [2.24, 2.45) is 16.0 Å². The minimum Gasteiger partial charge on any atom is -0.477 e. The van der Waals surface area contributed by atoms with Gasteiger partial charge in [-0.3, -0.25) is 29.7 Å². The van der Waals surface area contributed by atoms with Crippen LogP contribution >= 0.6 is 34.9 Å². The lowest BCUT2D eigenvalue weighted by atomic mass is 10.0. The first-order valence-corrected chi connectivity index (χ1v) is 16.5. The number of aromatic nitrogens is 1. The van der Waals surface area contributed by atoms with Crippen LogP contribution in [-0.2, 0) is 24.0 Å². The first-order valence-electron chi connectivity index (χ1n) is 13.6. The third kappa shape index (κ3) is 6.41. The number of rotatable bonds is 11. The standard InChI is InChI=1S/C25H31N11O7S3/c1-10-5-15(36-14(28-10)6-34(33-36)11(2)37)44-7-12-8-45-21-17(20(39)35(21)18(12)22(40)41)30-19(38)16(13-9-46-24(26)29-13)32-43-25(3,4)23(42)31-27/h5-6,9,11,17,21,33,37H,7-8,27H2,1-4H3,(H2,26,29)(H,30,38)(H,31,42)(H,40,41)/b32-16-/t11-,17?,21+/m0/s1. The van der Waals surface area contributed by atoms with Gasteiger partial charge in [-0.1, -0.05) is 5.16 Å². The van der Waals surface area contributed by atoms with Crippen LogP contribution in [0.4, 0.5) is 5.13 Å². The molecule has 46 heavy (non-hydrogen) atoms. The van der Waals surface area contributed by atoms with Crippen molar-refractivity contribution in [2.75, 3.05) is 17.2 Å². The molecule has 18 nitrogen and oxygen atoms in total. The van der Waals surface area contributed by atoms with E-state index < -0.39 is 46.9 Å². The lowest BCUT2D eigenvalue weighted by Crippen LogP contribution is -2.71. The molecule has 0 radical (unpaired) electrons. The molecule has 1 aromatic rings. The summed E-state index contributed by atoms with van der Waals surface area (Å²) >= 11 is 3.69. The SMILES string of the molecule is CC1=NC2=CN([C@H](C)O)NN2C(SCC2=C(C(=O)O)N3C(=O)C(NC(=O)/C(=N\OC(C)(C)C(=O)NN)c4csc(N)n4)[C@H]3SC2)=C1. The average Bonchev–Trinajstić information content (AvgIpc) is 3.64. The maximum absolute atomic E-state index is 13.4. The van der Waals surface area contributed by atoms with Crippen molar-refractivity contribution in [3.05, 3.63) is 45.5 Å². The van der Waals surface area contributed by atoms with Gasteiger partial charge in [0, 0.05) is 22.6 Å². The van der Waals surface area contributed by atoms with Crippen LogP contribution in [0.5, 0.6) is 0 Å². The molecule has 9 N–H and O–H groups in total. The lowest BCUT2D eigenvalue weighted by Gasteiger charge is -2.49. The highest BCUT2D eigenvalue weighted by molar-refractivity contribution is 8.03. The average molecular weight is 694 g/mol. The van der Waals surface area contributed by atoms with Crippen molar-refractivity contribution in [3.8, 4) is 0 Å². The van der Waals surface area contributed by atoms with Crippen molar-refractivity contribution in [3.63, 3.8) is 0 Å². The summed E-state index contributed by atoms with van der Waals surface area (Å²) in [5, 5.41) is 31.3. The van der Waals surface area contributed by atoms with Crippen molar-refractivity contribution >= 4 is 75.1 Å². The number of nitrogen functional groups attached to an aromatic ring is 1. The zero-order chi connectivity index (χ0) is 33.5. The van der Waals surface area contributed by atoms with Crippen molar-refractivity contribution < 1.29 is 34.2 Å². The number of nitrogens with two attached hydrogens (primary N) is 2. The van der Waals surface area contributed by atoms with Gasteiger partial charge < -0.3 is 26.1 Å². The summed E-state index contributed by atoms with van der Waals surface area (Å²) in [6, 6.07) is -1.07. The Hall–Kier alpha value is -4.15. The molecule has 3 amide bonds. The second-order valence-electron chi connectivity index (χ2n) is 10.7. The molecule has 1 unspecified atom stereocenters. The first-order chi connectivity index (χ1) is 21.7. The second-order valence-corrected chi connectivity index (χ2v) is 13.7. The van der Waals surface area contributed by atoms with Gasteiger partial charge in [0.25, 0.3) is 17.7 Å². The number of carboxylic acid groups (broad SMARTS) is 1. The van der Waals surface area contributed by atoms with E-state index in [0.29, 0.717) is 11.4 Å². The molecule has 1 saturated heterocycles. The molecule has 1 aromatic heterocycles. The Morgan fingerprint density at radius 2 is 2.11 bits per heavy atom. The van der Waals surface area contributed by atoms with Crippen molar-refractivity contribution in [2.45, 2.75) is 50.9 Å². The van der Waals surface area contributed by atoms with Crippen molar-refractivity contribution in [1.29, 1.82) is 0 Å². The van der Waals surface area contributed by atoms with Gasteiger partial charge in [-0.25, -0.2) is 25.6 Å². The molecule has 1 fully saturated rings. The van der Waals surface area contributed by atoms with Crippen LogP contribution in [0, 0.1) is 0 Å². The second kappa shape index (κ2) is 12.9. The van der Waals surface area contributed by atoms with E-state index in [4.69, 9.17) is 16.4 Å². The maximum atomic E-state index is 13.4. The van der Waals surface area contributed by atoms with E-state index in [-0.39, 0.29) is 33.7 Å². The summed E-state index contributed by atoms with van der Waals surface area (Å²) in [5.74, 6) is 2.83. The Morgan fingerprint density at radius 1 is 1.37 bits per heavy atom. The number of aliphatic carboxylic acids is 1. The summed E-state index contributed by atoms with van der Waals surface area (Å²) in [6.45, 7) is 6.18. The zero-order valence-electron chi connectivity index (χ0n) is 24.9. The predicted octanol–water partition coefficient (Wildman–Crippen LogP) is -0.823. The number of nitrogens with zero attached hydrogens (tertiary/aromatic N) is 6. The monoisotopic (exact) mass is 693 g/mol. The number of aliphatic imine (C=N–C) groups is 1. The zero-order valence-corrected chi connectivity index (χ0v) is 27.3. The van der Waals surface area contributed by atoms with Gasteiger partial charge in [-0.15, -0.1) is 40.4 Å². The van der Waals surface area contributed by atoms with Crippen LogP contribution in [-0.4, -0.2) is 100.0 Å². The Balaban J connectivity index is 1.31. The number of carbonyl (C=O) groups excluding carboxylic acids is 3. The van der Waals surface area contributed by atoms with Gasteiger partial charge in [-0.05, 0) is 39.3 Å². The molecule has 3 atom stereocenters. The van der Waals surface area contributed by atoms with Crippen LogP contribution in [0.15, 0.2) is 49.9 Å². The first kappa shape index (κ1) is 33.2. The van der Waals surface area contributed by atoms with Crippen LogP contribution in [0.3, 0.4) is 0 Å². The van der Waals surface area contributed by atoms with Crippen molar-refractivity contribution in [1.82, 2.24) is 36.2 Å². The number of fused-ring (bicyclic) bond motifs is 2. The molecule has 5 rings (SSSR count). The van der Waals surface area contributed by atoms with Crippen LogP contribution < -0.4 is 27.9 Å². The maximum Gasteiger partial charge on any atom is 0.352 e. The predicted molar refractivity (Wildman–Crippen MR) is 170 cm³/mol. The van der Waals surface area contributed by atoms with Gasteiger partial charge in [-0.2, -0.15) is 0 Å². The number of thiazole rings is 1. The fraction of sp³-hybridized carbons (Fsp3) is 0.400. The van der Waals surface area contributed by atoms with Gasteiger partial charge in [0.15, 0.2) is 16.7 Å². The molecule has 4 aliphatic rings. The minimum absolute atomic E-state index is 0.0497. The molecule has 0 aliphatic carbocycles. The third-order valence-corrected chi connectivity index (χ3v) is 10.0. The van der Waals surface area contributed by atoms with Gasteiger partial charge in [0.2, 0.25) is 5.60 Å². The van der Waals surface area contributed by atoms with Gasteiger partial charge >= 0.3 is 5.97 Å². The van der Waals surface area contributed by atoms with Gasteiger partial charge in [0.05, 0.1) is 11.2 Å². The number of hydrogen-bond acceptors (Lipinski definition) is 17. The number of amides is 3. The third-order valence-electron chi connectivity index (χ3n) is 6.90. The molecule has 246 valence electrons. The number of aliphatic hydroxyl groups is 1. The number of thioether (sulfide) groups is 2. The fourth-order valence-corrected chi connectivity index (χ4v) is 7.61. The molecule has 0 saturated carbocycles. The largest absolute Gasteiger partial charge is 0.477 e. The van der Waals surface area contributed by atoms with E-state index in [9.17, 15) is 29.4 Å². The minimum atomic E-state index is -1.56.